The number of benzene rings is 1. The fourth-order valence-corrected chi connectivity index (χ4v) is 5.68. The number of ether oxygens (including phenoxy) is 1. The minimum absolute atomic E-state index is 0.730. The zero-order valence-corrected chi connectivity index (χ0v) is 18.3. The standard InChI is InChI=1S/C23H26N6OS/c1-2-9-28(10-3-1)15-19-25-22-20(31-19)23(29-11-13-30-14-12-29)27-21(26-22)17-5-4-6-18-16(17)7-8-24-18/h4-8,24H,1-3,9-15H2. The Morgan fingerprint density at radius 1 is 0.968 bits per heavy atom. The molecule has 0 bridgehead atoms. The molecule has 1 aromatic carbocycles. The van der Waals surface area contributed by atoms with Crippen LogP contribution in [0.3, 0.4) is 0 Å². The molecule has 2 saturated heterocycles. The lowest BCUT2D eigenvalue weighted by Gasteiger charge is -2.28. The molecule has 3 aromatic heterocycles. The van der Waals surface area contributed by atoms with Crippen molar-refractivity contribution in [2.24, 2.45) is 0 Å². The first kappa shape index (κ1) is 19.2. The first-order valence-corrected chi connectivity index (χ1v) is 12.0. The molecule has 0 amide bonds. The summed E-state index contributed by atoms with van der Waals surface area (Å²) in [5.41, 5.74) is 2.95. The number of aromatic amines is 1. The van der Waals surface area contributed by atoms with E-state index < -0.39 is 0 Å². The third-order valence-electron chi connectivity index (χ3n) is 6.23. The fourth-order valence-electron chi connectivity index (χ4n) is 4.62. The fraction of sp³-hybridized carbons (Fsp3) is 0.435. The average Bonchev–Trinajstić information content (AvgIpc) is 3.46. The molecule has 5 heterocycles. The van der Waals surface area contributed by atoms with Crippen LogP contribution in [0.2, 0.25) is 0 Å². The van der Waals surface area contributed by atoms with Gasteiger partial charge in [-0.1, -0.05) is 18.6 Å². The topological polar surface area (TPSA) is 70.2 Å². The maximum Gasteiger partial charge on any atom is 0.176 e. The molecule has 2 fully saturated rings. The van der Waals surface area contributed by atoms with E-state index in [1.54, 1.807) is 11.3 Å². The van der Waals surface area contributed by atoms with Crippen LogP contribution >= 0.6 is 11.3 Å². The van der Waals surface area contributed by atoms with Crippen molar-refractivity contribution < 1.29 is 4.74 Å². The Morgan fingerprint density at radius 3 is 2.71 bits per heavy atom. The highest BCUT2D eigenvalue weighted by Gasteiger charge is 2.22. The van der Waals surface area contributed by atoms with Crippen LogP contribution in [-0.4, -0.2) is 64.2 Å². The predicted molar refractivity (Wildman–Crippen MR) is 125 cm³/mol. The Bertz CT molecular complexity index is 1210. The SMILES string of the molecule is c1cc(-c2nc(N3CCOCC3)c3sc(CN4CCCCC4)nc3n2)c2cc[nH]c2c1. The monoisotopic (exact) mass is 434 g/mol. The zero-order chi connectivity index (χ0) is 20.6. The summed E-state index contributed by atoms with van der Waals surface area (Å²) in [6, 6.07) is 8.33. The molecule has 160 valence electrons. The number of anilines is 1. The van der Waals surface area contributed by atoms with Crippen molar-refractivity contribution in [2.45, 2.75) is 25.8 Å². The number of nitrogens with zero attached hydrogens (tertiary/aromatic N) is 5. The second kappa shape index (κ2) is 8.18. The number of rotatable bonds is 4. The molecule has 31 heavy (non-hydrogen) atoms. The van der Waals surface area contributed by atoms with Crippen molar-refractivity contribution in [3.63, 3.8) is 0 Å². The second-order valence-corrected chi connectivity index (χ2v) is 9.40. The summed E-state index contributed by atoms with van der Waals surface area (Å²) in [6.45, 7) is 6.39. The van der Waals surface area contributed by atoms with E-state index in [1.807, 2.05) is 6.20 Å². The van der Waals surface area contributed by atoms with E-state index in [0.29, 0.717) is 0 Å². The van der Waals surface area contributed by atoms with Gasteiger partial charge in [0.25, 0.3) is 0 Å². The number of aromatic nitrogens is 4. The van der Waals surface area contributed by atoms with Gasteiger partial charge < -0.3 is 14.6 Å². The number of likely N-dealkylation sites (tertiary alicyclic amines) is 1. The average molecular weight is 435 g/mol. The van der Waals surface area contributed by atoms with Gasteiger partial charge in [-0.2, -0.15) is 0 Å². The minimum atomic E-state index is 0.730. The molecule has 0 spiro atoms. The van der Waals surface area contributed by atoms with Crippen LogP contribution in [0, 0.1) is 0 Å². The van der Waals surface area contributed by atoms with Crippen LogP contribution in [0.15, 0.2) is 30.5 Å². The molecule has 0 unspecified atom stereocenters. The summed E-state index contributed by atoms with van der Waals surface area (Å²) in [6.07, 6.45) is 5.88. The van der Waals surface area contributed by atoms with Crippen LogP contribution < -0.4 is 4.90 Å². The van der Waals surface area contributed by atoms with Crippen molar-refractivity contribution in [1.29, 1.82) is 0 Å². The van der Waals surface area contributed by atoms with Gasteiger partial charge in [0.2, 0.25) is 0 Å². The number of hydrogen-bond acceptors (Lipinski definition) is 7. The lowest BCUT2D eigenvalue weighted by atomic mass is 10.1. The number of piperidine rings is 1. The molecule has 6 rings (SSSR count). The summed E-state index contributed by atoms with van der Waals surface area (Å²) in [5, 5.41) is 2.27. The maximum absolute atomic E-state index is 5.59. The lowest BCUT2D eigenvalue weighted by Crippen LogP contribution is -2.36. The molecule has 1 N–H and O–H groups in total. The van der Waals surface area contributed by atoms with Gasteiger partial charge >= 0.3 is 0 Å². The smallest absolute Gasteiger partial charge is 0.176 e. The first-order chi connectivity index (χ1) is 15.3. The van der Waals surface area contributed by atoms with Crippen molar-refractivity contribution in [3.05, 3.63) is 35.5 Å². The van der Waals surface area contributed by atoms with Crippen molar-refractivity contribution in [1.82, 2.24) is 24.8 Å². The number of thiazole rings is 1. The second-order valence-electron chi connectivity index (χ2n) is 8.31. The van der Waals surface area contributed by atoms with E-state index in [9.17, 15) is 0 Å². The molecule has 2 aliphatic rings. The number of morpholine rings is 1. The molecular weight excluding hydrogens is 408 g/mol. The van der Waals surface area contributed by atoms with Gasteiger partial charge in [-0.25, -0.2) is 15.0 Å². The number of fused-ring (bicyclic) bond motifs is 2. The quantitative estimate of drug-likeness (QED) is 0.522. The summed E-state index contributed by atoms with van der Waals surface area (Å²) < 4.78 is 6.69. The largest absolute Gasteiger partial charge is 0.378 e. The van der Waals surface area contributed by atoms with Crippen LogP contribution in [0.5, 0.6) is 0 Å². The van der Waals surface area contributed by atoms with E-state index in [1.165, 1.54) is 32.4 Å². The lowest BCUT2D eigenvalue weighted by molar-refractivity contribution is 0.122. The molecule has 2 aliphatic heterocycles. The Kier molecular flexibility index (Phi) is 5.06. The normalized spacial score (nSPS) is 18.3. The maximum atomic E-state index is 5.59. The highest BCUT2D eigenvalue weighted by molar-refractivity contribution is 7.19. The van der Waals surface area contributed by atoms with Gasteiger partial charge in [0, 0.05) is 35.8 Å². The van der Waals surface area contributed by atoms with E-state index in [4.69, 9.17) is 19.7 Å². The Balaban J connectivity index is 1.46. The summed E-state index contributed by atoms with van der Waals surface area (Å²) >= 11 is 1.75. The molecule has 7 nitrogen and oxygen atoms in total. The van der Waals surface area contributed by atoms with Gasteiger partial charge in [-0.05, 0) is 38.1 Å². The summed E-state index contributed by atoms with van der Waals surface area (Å²) in [7, 11) is 0. The number of nitrogens with one attached hydrogen (secondary N) is 1. The number of H-pyrrole nitrogens is 1. The Morgan fingerprint density at radius 2 is 1.84 bits per heavy atom. The first-order valence-electron chi connectivity index (χ1n) is 11.1. The summed E-state index contributed by atoms with van der Waals surface area (Å²) in [5.74, 6) is 1.74. The molecule has 0 radical (unpaired) electrons. The van der Waals surface area contributed by atoms with Crippen molar-refractivity contribution >= 4 is 38.4 Å². The summed E-state index contributed by atoms with van der Waals surface area (Å²) in [4.78, 5) is 23.1. The molecule has 0 saturated carbocycles. The van der Waals surface area contributed by atoms with Gasteiger partial charge in [-0.15, -0.1) is 11.3 Å². The van der Waals surface area contributed by atoms with Gasteiger partial charge in [0.15, 0.2) is 17.3 Å². The van der Waals surface area contributed by atoms with Gasteiger partial charge in [-0.3, -0.25) is 4.90 Å². The van der Waals surface area contributed by atoms with E-state index in [0.717, 1.165) is 76.3 Å². The third kappa shape index (κ3) is 3.69. The number of hydrogen-bond donors (Lipinski definition) is 1. The highest BCUT2D eigenvalue weighted by Crippen LogP contribution is 2.35. The van der Waals surface area contributed by atoms with Crippen molar-refractivity contribution in [2.75, 3.05) is 44.3 Å². The van der Waals surface area contributed by atoms with Crippen LogP contribution in [0.4, 0.5) is 5.82 Å². The highest BCUT2D eigenvalue weighted by atomic mass is 32.1. The van der Waals surface area contributed by atoms with Crippen molar-refractivity contribution in [3.8, 4) is 11.4 Å². The van der Waals surface area contributed by atoms with Crippen LogP contribution in [0.1, 0.15) is 24.3 Å². The molecular formula is C23H26N6OS. The van der Waals surface area contributed by atoms with Gasteiger partial charge in [0.1, 0.15) is 9.71 Å². The molecule has 4 aromatic rings. The third-order valence-corrected chi connectivity index (χ3v) is 7.26. The Hall–Kier alpha value is -2.55. The molecule has 8 heteroatoms. The van der Waals surface area contributed by atoms with E-state index in [-0.39, 0.29) is 0 Å². The molecule has 0 atom stereocenters. The van der Waals surface area contributed by atoms with Gasteiger partial charge in [0.05, 0.1) is 19.8 Å². The van der Waals surface area contributed by atoms with Crippen LogP contribution in [-0.2, 0) is 11.3 Å². The van der Waals surface area contributed by atoms with E-state index >= 15 is 0 Å². The minimum Gasteiger partial charge on any atom is -0.378 e. The predicted octanol–water partition coefficient (Wildman–Crippen LogP) is 4.06. The zero-order valence-electron chi connectivity index (χ0n) is 17.5. The molecule has 0 aliphatic carbocycles. The van der Waals surface area contributed by atoms with Crippen LogP contribution in [0.25, 0.3) is 32.6 Å². The Labute approximate surface area is 185 Å². The van der Waals surface area contributed by atoms with E-state index in [2.05, 4.69) is 39.0 Å².